The zero-order valence-electron chi connectivity index (χ0n) is 11.6. The fourth-order valence-electron chi connectivity index (χ4n) is 2.65. The predicted octanol–water partition coefficient (Wildman–Crippen LogP) is 3.62. The summed E-state index contributed by atoms with van der Waals surface area (Å²) in [5, 5.41) is 9.43. The Labute approximate surface area is 132 Å². The van der Waals surface area contributed by atoms with Gasteiger partial charge in [-0.2, -0.15) is 0 Å². The number of aromatic nitrogens is 1. The van der Waals surface area contributed by atoms with Crippen molar-refractivity contribution < 1.29 is 9.90 Å². The third-order valence-electron chi connectivity index (χ3n) is 3.64. The summed E-state index contributed by atoms with van der Waals surface area (Å²) in [5.74, 6) is -0.393. The quantitative estimate of drug-likeness (QED) is 0.934. The number of thiophene rings is 1. The number of anilines is 1. The van der Waals surface area contributed by atoms with Gasteiger partial charge < -0.3 is 10.0 Å². The number of aryl methyl sites for hydroxylation is 2. The lowest BCUT2D eigenvalue weighted by molar-refractivity contribution is 0.0697. The first-order valence-corrected chi connectivity index (χ1v) is 7.95. The second-order valence-electron chi connectivity index (χ2n) is 5.19. The van der Waals surface area contributed by atoms with E-state index in [0.717, 1.165) is 39.7 Å². The Bertz CT molecular complexity index is 699. The molecule has 1 N–H and O–H groups in total. The summed E-state index contributed by atoms with van der Waals surface area (Å²) < 4.78 is 0.735. The molecule has 0 amide bonds. The number of halogens is 1. The molecule has 4 nitrogen and oxygen atoms in total. The van der Waals surface area contributed by atoms with Crippen LogP contribution in [0.1, 0.15) is 32.9 Å². The van der Waals surface area contributed by atoms with Gasteiger partial charge in [-0.25, -0.2) is 9.78 Å². The molecule has 2 heterocycles. The van der Waals surface area contributed by atoms with Gasteiger partial charge in [0.05, 0.1) is 10.9 Å². The van der Waals surface area contributed by atoms with Crippen LogP contribution in [0.2, 0.25) is 4.34 Å². The first-order valence-electron chi connectivity index (χ1n) is 6.76. The van der Waals surface area contributed by atoms with Crippen LogP contribution in [-0.2, 0) is 19.4 Å². The van der Waals surface area contributed by atoms with Gasteiger partial charge >= 0.3 is 5.97 Å². The van der Waals surface area contributed by atoms with Gasteiger partial charge in [0.1, 0.15) is 11.4 Å². The van der Waals surface area contributed by atoms with Crippen LogP contribution in [-0.4, -0.2) is 23.1 Å². The number of pyridine rings is 1. The maximum atomic E-state index is 11.5. The van der Waals surface area contributed by atoms with E-state index in [1.165, 1.54) is 11.3 Å². The van der Waals surface area contributed by atoms with Crippen molar-refractivity contribution in [2.24, 2.45) is 0 Å². The summed E-state index contributed by atoms with van der Waals surface area (Å²) >= 11 is 7.44. The van der Waals surface area contributed by atoms with E-state index in [2.05, 4.69) is 4.98 Å². The van der Waals surface area contributed by atoms with Gasteiger partial charge in [0, 0.05) is 17.6 Å². The zero-order valence-corrected chi connectivity index (χ0v) is 13.2. The van der Waals surface area contributed by atoms with E-state index >= 15 is 0 Å². The van der Waals surface area contributed by atoms with Crippen LogP contribution in [0.15, 0.2) is 18.2 Å². The molecular weight excluding hydrogens is 308 g/mol. The van der Waals surface area contributed by atoms with Crippen LogP contribution in [0.3, 0.4) is 0 Å². The third kappa shape index (κ3) is 2.89. The number of carboxylic acid groups (broad SMARTS) is 1. The highest BCUT2D eigenvalue weighted by molar-refractivity contribution is 7.16. The van der Waals surface area contributed by atoms with Crippen molar-refractivity contribution in [1.82, 2.24) is 4.98 Å². The van der Waals surface area contributed by atoms with Crippen molar-refractivity contribution in [3.05, 3.63) is 44.2 Å². The SMILES string of the molecule is CN(Cc1ccc(Cl)s1)c1nc2c(cc1C(=O)O)CCC2. The van der Waals surface area contributed by atoms with E-state index in [1.807, 2.05) is 24.1 Å². The molecule has 110 valence electrons. The molecule has 0 saturated carbocycles. The molecule has 0 bridgehead atoms. The largest absolute Gasteiger partial charge is 0.478 e. The van der Waals surface area contributed by atoms with Crippen LogP contribution >= 0.6 is 22.9 Å². The fraction of sp³-hybridized carbons (Fsp3) is 0.333. The standard InChI is InChI=1S/C15H15ClN2O2S/c1-18(8-10-5-6-13(16)21-10)14-11(15(19)20)7-9-3-2-4-12(9)17-14/h5-7H,2-4,8H2,1H3,(H,19,20). The normalized spacial score (nSPS) is 13.2. The molecule has 0 spiro atoms. The van der Waals surface area contributed by atoms with E-state index < -0.39 is 5.97 Å². The van der Waals surface area contributed by atoms with E-state index in [4.69, 9.17) is 11.6 Å². The van der Waals surface area contributed by atoms with Gasteiger partial charge in [-0.05, 0) is 43.0 Å². The van der Waals surface area contributed by atoms with Crippen molar-refractivity contribution in [2.75, 3.05) is 11.9 Å². The molecule has 3 rings (SSSR count). The van der Waals surface area contributed by atoms with Gasteiger partial charge in [-0.15, -0.1) is 11.3 Å². The lowest BCUT2D eigenvalue weighted by Crippen LogP contribution is -2.21. The fourth-order valence-corrected chi connectivity index (χ4v) is 3.80. The molecule has 6 heteroatoms. The van der Waals surface area contributed by atoms with Crippen LogP contribution in [0.25, 0.3) is 0 Å². The molecule has 0 unspecified atom stereocenters. The number of fused-ring (bicyclic) bond motifs is 1. The zero-order chi connectivity index (χ0) is 15.0. The Morgan fingerprint density at radius 1 is 1.48 bits per heavy atom. The van der Waals surface area contributed by atoms with Crippen LogP contribution in [0.4, 0.5) is 5.82 Å². The molecule has 0 aromatic carbocycles. The molecule has 1 aliphatic rings. The van der Waals surface area contributed by atoms with Gasteiger partial charge in [0.25, 0.3) is 0 Å². The lowest BCUT2D eigenvalue weighted by Gasteiger charge is -2.20. The van der Waals surface area contributed by atoms with Crippen molar-refractivity contribution in [3.63, 3.8) is 0 Å². The Hall–Kier alpha value is -1.59. The minimum absolute atomic E-state index is 0.279. The van der Waals surface area contributed by atoms with Crippen molar-refractivity contribution in [3.8, 4) is 0 Å². The number of hydrogen-bond donors (Lipinski definition) is 1. The first kappa shape index (κ1) is 14.4. The van der Waals surface area contributed by atoms with Gasteiger partial charge in [-0.1, -0.05) is 11.6 Å². The number of carbonyl (C=O) groups is 1. The maximum Gasteiger partial charge on any atom is 0.339 e. The maximum absolute atomic E-state index is 11.5. The van der Waals surface area contributed by atoms with Gasteiger partial charge in [0.2, 0.25) is 0 Å². The molecule has 2 aromatic heterocycles. The monoisotopic (exact) mass is 322 g/mol. The predicted molar refractivity (Wildman–Crippen MR) is 84.7 cm³/mol. The molecule has 0 saturated heterocycles. The summed E-state index contributed by atoms with van der Waals surface area (Å²) in [6.07, 6.45) is 2.91. The Kier molecular flexibility index (Phi) is 3.87. The highest BCUT2D eigenvalue weighted by Crippen LogP contribution is 2.29. The highest BCUT2D eigenvalue weighted by Gasteiger charge is 2.22. The number of rotatable bonds is 4. The summed E-state index contributed by atoms with van der Waals surface area (Å²) in [4.78, 5) is 19.1. The topological polar surface area (TPSA) is 53.4 Å². The minimum atomic E-state index is -0.928. The van der Waals surface area contributed by atoms with E-state index in [-0.39, 0.29) is 5.56 Å². The number of carboxylic acids is 1. The molecule has 2 aromatic rings. The summed E-state index contributed by atoms with van der Waals surface area (Å²) in [7, 11) is 1.86. The van der Waals surface area contributed by atoms with Gasteiger partial charge in [-0.3, -0.25) is 0 Å². The molecule has 0 fully saturated rings. The Balaban J connectivity index is 1.94. The summed E-state index contributed by atoms with van der Waals surface area (Å²) in [6.45, 7) is 0.601. The smallest absolute Gasteiger partial charge is 0.339 e. The molecule has 21 heavy (non-hydrogen) atoms. The number of hydrogen-bond acceptors (Lipinski definition) is 4. The minimum Gasteiger partial charge on any atom is -0.478 e. The lowest BCUT2D eigenvalue weighted by atomic mass is 10.1. The summed E-state index contributed by atoms with van der Waals surface area (Å²) in [5.41, 5.74) is 2.38. The molecule has 0 radical (unpaired) electrons. The van der Waals surface area contributed by atoms with Crippen LogP contribution < -0.4 is 4.90 Å². The van der Waals surface area contributed by atoms with Crippen molar-refractivity contribution >= 4 is 34.7 Å². The molecule has 1 aliphatic carbocycles. The second kappa shape index (κ2) is 5.66. The second-order valence-corrected chi connectivity index (χ2v) is 6.99. The van der Waals surface area contributed by atoms with Gasteiger partial charge in [0.15, 0.2) is 0 Å². The van der Waals surface area contributed by atoms with Crippen LogP contribution in [0, 0.1) is 0 Å². The average Bonchev–Trinajstić information content (AvgIpc) is 3.05. The number of nitrogens with zero attached hydrogens (tertiary/aromatic N) is 2. The van der Waals surface area contributed by atoms with Crippen LogP contribution in [0.5, 0.6) is 0 Å². The molecule has 0 aliphatic heterocycles. The summed E-state index contributed by atoms with van der Waals surface area (Å²) in [6, 6.07) is 5.59. The van der Waals surface area contributed by atoms with Crippen molar-refractivity contribution in [2.45, 2.75) is 25.8 Å². The van der Waals surface area contributed by atoms with Crippen molar-refractivity contribution in [1.29, 1.82) is 0 Å². The third-order valence-corrected chi connectivity index (χ3v) is 4.86. The molecular formula is C15H15ClN2O2S. The van der Waals surface area contributed by atoms with E-state index in [0.29, 0.717) is 12.4 Å². The first-order chi connectivity index (χ1) is 10.0. The average molecular weight is 323 g/mol. The Morgan fingerprint density at radius 3 is 2.95 bits per heavy atom. The molecule has 0 atom stereocenters. The number of aromatic carboxylic acids is 1. The van der Waals surface area contributed by atoms with E-state index in [1.54, 1.807) is 6.07 Å². The highest BCUT2D eigenvalue weighted by atomic mass is 35.5. The Morgan fingerprint density at radius 2 is 2.29 bits per heavy atom. The van der Waals surface area contributed by atoms with E-state index in [9.17, 15) is 9.90 Å².